The summed E-state index contributed by atoms with van der Waals surface area (Å²) in [5.41, 5.74) is 5.65. The third-order valence-electron chi connectivity index (χ3n) is 4.08. The van der Waals surface area contributed by atoms with Gasteiger partial charge in [0.05, 0.1) is 6.04 Å². The lowest BCUT2D eigenvalue weighted by Crippen LogP contribution is -2.08. The van der Waals surface area contributed by atoms with E-state index in [1.54, 1.807) is 0 Å². The number of para-hydroxylation sites is 1. The summed E-state index contributed by atoms with van der Waals surface area (Å²) >= 11 is 3.67. The van der Waals surface area contributed by atoms with E-state index >= 15 is 0 Å². The minimum Gasteiger partial charge on any atom is -0.378 e. The van der Waals surface area contributed by atoms with Crippen molar-refractivity contribution in [1.82, 2.24) is 0 Å². The molecule has 1 unspecified atom stereocenters. The Morgan fingerprint density at radius 1 is 1.15 bits per heavy atom. The molecule has 1 N–H and O–H groups in total. The molecule has 2 aromatic rings. The first-order valence-corrected chi connectivity index (χ1v) is 8.20. The van der Waals surface area contributed by atoms with E-state index in [0.717, 1.165) is 12.8 Å². The lowest BCUT2D eigenvalue weighted by Gasteiger charge is -2.18. The van der Waals surface area contributed by atoms with E-state index in [0.29, 0.717) is 6.04 Å². The summed E-state index contributed by atoms with van der Waals surface area (Å²) in [5.74, 6) is 0. The lowest BCUT2D eigenvalue weighted by molar-refractivity contribution is 0.758. The molecule has 3 rings (SSSR count). The first kappa shape index (κ1) is 13.7. The molecule has 1 nitrogen and oxygen atoms in total. The van der Waals surface area contributed by atoms with Crippen molar-refractivity contribution in [2.75, 3.05) is 5.32 Å². The van der Waals surface area contributed by atoms with Crippen LogP contribution in [0.2, 0.25) is 0 Å². The van der Waals surface area contributed by atoms with Crippen LogP contribution in [0.3, 0.4) is 0 Å². The summed E-state index contributed by atoms with van der Waals surface area (Å²) in [7, 11) is 0. The van der Waals surface area contributed by atoms with Gasteiger partial charge in [0.2, 0.25) is 0 Å². The molecular formula is C18H20BrN. The Hall–Kier alpha value is -1.28. The van der Waals surface area contributed by atoms with E-state index in [-0.39, 0.29) is 0 Å². The maximum absolute atomic E-state index is 3.76. The van der Waals surface area contributed by atoms with Crippen molar-refractivity contribution in [3.63, 3.8) is 0 Å². The zero-order valence-electron chi connectivity index (χ0n) is 11.8. The Labute approximate surface area is 129 Å². The van der Waals surface area contributed by atoms with Crippen LogP contribution in [-0.2, 0) is 12.8 Å². The summed E-state index contributed by atoms with van der Waals surface area (Å²) in [4.78, 5) is 0. The fourth-order valence-electron chi connectivity index (χ4n) is 3.10. The van der Waals surface area contributed by atoms with Gasteiger partial charge in [-0.05, 0) is 48.1 Å². The largest absolute Gasteiger partial charge is 0.378 e. The highest BCUT2D eigenvalue weighted by molar-refractivity contribution is 9.10. The Morgan fingerprint density at radius 2 is 2.00 bits per heavy atom. The van der Waals surface area contributed by atoms with Crippen molar-refractivity contribution in [1.29, 1.82) is 0 Å². The fourth-order valence-corrected chi connectivity index (χ4v) is 3.68. The fraction of sp³-hybridized carbons (Fsp3) is 0.333. The second kappa shape index (κ2) is 6.01. The van der Waals surface area contributed by atoms with Crippen LogP contribution in [0.25, 0.3) is 0 Å². The molecule has 1 atom stereocenters. The lowest BCUT2D eigenvalue weighted by atomic mass is 10.0. The maximum Gasteiger partial charge on any atom is 0.0520 e. The van der Waals surface area contributed by atoms with Crippen molar-refractivity contribution in [2.24, 2.45) is 0 Å². The number of rotatable bonds is 4. The van der Waals surface area contributed by atoms with Crippen LogP contribution >= 0.6 is 15.9 Å². The van der Waals surface area contributed by atoms with Crippen molar-refractivity contribution in [2.45, 2.75) is 38.6 Å². The Balaban J connectivity index is 1.86. The SMILES string of the molecule is CCCc1ccccc1NC1CCc2c(Br)cccc21. The van der Waals surface area contributed by atoms with E-state index in [4.69, 9.17) is 0 Å². The summed E-state index contributed by atoms with van der Waals surface area (Å²) in [5, 5.41) is 3.76. The smallest absolute Gasteiger partial charge is 0.0520 e. The van der Waals surface area contributed by atoms with E-state index in [1.165, 1.54) is 39.7 Å². The molecule has 0 radical (unpaired) electrons. The number of anilines is 1. The Morgan fingerprint density at radius 3 is 2.85 bits per heavy atom. The van der Waals surface area contributed by atoms with E-state index < -0.39 is 0 Å². The van der Waals surface area contributed by atoms with E-state index in [2.05, 4.69) is 70.6 Å². The summed E-state index contributed by atoms with van der Waals surface area (Å²) < 4.78 is 1.25. The molecule has 0 heterocycles. The topological polar surface area (TPSA) is 12.0 Å². The van der Waals surface area contributed by atoms with Gasteiger partial charge in [-0.15, -0.1) is 0 Å². The van der Waals surface area contributed by atoms with Crippen molar-refractivity contribution >= 4 is 21.6 Å². The van der Waals surface area contributed by atoms with Gasteiger partial charge in [-0.2, -0.15) is 0 Å². The normalized spacial score (nSPS) is 17.0. The van der Waals surface area contributed by atoms with E-state index in [9.17, 15) is 0 Å². The molecule has 20 heavy (non-hydrogen) atoms. The number of halogens is 1. The van der Waals surface area contributed by atoms with Gasteiger partial charge in [0.1, 0.15) is 0 Å². The summed E-state index contributed by atoms with van der Waals surface area (Å²) in [6.45, 7) is 2.23. The van der Waals surface area contributed by atoms with Gasteiger partial charge in [-0.1, -0.05) is 59.6 Å². The van der Waals surface area contributed by atoms with Gasteiger partial charge in [-0.25, -0.2) is 0 Å². The molecule has 0 amide bonds. The Bertz CT molecular complexity index is 606. The van der Waals surface area contributed by atoms with Gasteiger partial charge in [0.25, 0.3) is 0 Å². The molecule has 0 bridgehead atoms. The third kappa shape index (κ3) is 2.62. The zero-order chi connectivity index (χ0) is 13.9. The average Bonchev–Trinajstić information content (AvgIpc) is 2.86. The number of fused-ring (bicyclic) bond motifs is 1. The molecular weight excluding hydrogens is 310 g/mol. The predicted octanol–water partition coefficient (Wildman–Crippen LogP) is 5.50. The maximum atomic E-state index is 3.76. The molecule has 0 aliphatic heterocycles. The van der Waals surface area contributed by atoms with Crippen LogP contribution in [-0.4, -0.2) is 0 Å². The van der Waals surface area contributed by atoms with Gasteiger partial charge in [0.15, 0.2) is 0 Å². The molecule has 1 aliphatic rings. The molecule has 1 aliphatic carbocycles. The van der Waals surface area contributed by atoms with E-state index in [1.807, 2.05) is 0 Å². The predicted molar refractivity (Wildman–Crippen MR) is 89.3 cm³/mol. The van der Waals surface area contributed by atoms with Crippen LogP contribution in [0.4, 0.5) is 5.69 Å². The first-order valence-electron chi connectivity index (χ1n) is 7.41. The molecule has 0 fully saturated rings. The van der Waals surface area contributed by atoms with Gasteiger partial charge in [-0.3, -0.25) is 0 Å². The number of nitrogens with one attached hydrogen (secondary N) is 1. The summed E-state index contributed by atoms with van der Waals surface area (Å²) in [6, 6.07) is 15.7. The van der Waals surface area contributed by atoms with Gasteiger partial charge in [0, 0.05) is 10.2 Å². The van der Waals surface area contributed by atoms with Crippen LogP contribution in [0.1, 0.15) is 42.5 Å². The van der Waals surface area contributed by atoms with Gasteiger partial charge >= 0.3 is 0 Å². The van der Waals surface area contributed by atoms with Crippen molar-refractivity contribution in [3.05, 3.63) is 63.6 Å². The second-order valence-corrected chi connectivity index (χ2v) is 6.30. The number of hydrogen-bond donors (Lipinski definition) is 1. The average molecular weight is 330 g/mol. The number of benzene rings is 2. The molecule has 0 spiro atoms. The van der Waals surface area contributed by atoms with Crippen LogP contribution < -0.4 is 5.32 Å². The van der Waals surface area contributed by atoms with Crippen LogP contribution in [0, 0.1) is 0 Å². The quantitative estimate of drug-likeness (QED) is 0.780. The van der Waals surface area contributed by atoms with Gasteiger partial charge < -0.3 is 5.32 Å². The molecule has 2 aromatic carbocycles. The van der Waals surface area contributed by atoms with Crippen LogP contribution in [0.15, 0.2) is 46.9 Å². The monoisotopic (exact) mass is 329 g/mol. The summed E-state index contributed by atoms with van der Waals surface area (Å²) in [6.07, 6.45) is 4.66. The minimum absolute atomic E-state index is 0.445. The molecule has 0 saturated heterocycles. The standard InChI is InChI=1S/C18H20BrN/c1-2-6-13-7-3-4-10-17(13)20-18-12-11-14-15(18)8-5-9-16(14)19/h3-5,7-10,18,20H,2,6,11-12H2,1H3. The number of aryl methyl sites for hydroxylation is 1. The molecule has 104 valence electrons. The zero-order valence-corrected chi connectivity index (χ0v) is 13.4. The van der Waals surface area contributed by atoms with Crippen molar-refractivity contribution in [3.8, 4) is 0 Å². The highest BCUT2D eigenvalue weighted by Crippen LogP contribution is 2.38. The minimum atomic E-state index is 0.445. The Kier molecular flexibility index (Phi) is 4.11. The first-order chi connectivity index (χ1) is 9.79. The van der Waals surface area contributed by atoms with Crippen molar-refractivity contribution < 1.29 is 0 Å². The number of hydrogen-bond acceptors (Lipinski definition) is 1. The molecule has 0 aromatic heterocycles. The highest BCUT2D eigenvalue weighted by Gasteiger charge is 2.24. The second-order valence-electron chi connectivity index (χ2n) is 5.45. The van der Waals surface area contributed by atoms with Crippen LogP contribution in [0.5, 0.6) is 0 Å². The molecule has 2 heteroatoms. The highest BCUT2D eigenvalue weighted by atomic mass is 79.9. The third-order valence-corrected chi connectivity index (χ3v) is 4.82. The molecule has 0 saturated carbocycles.